The van der Waals surface area contributed by atoms with Gasteiger partial charge in [0.1, 0.15) is 5.69 Å². The van der Waals surface area contributed by atoms with E-state index in [1.165, 1.54) is 12.1 Å². The van der Waals surface area contributed by atoms with E-state index in [-0.39, 0.29) is 24.7 Å². The van der Waals surface area contributed by atoms with Crippen LogP contribution in [-0.2, 0) is 23.9 Å². The number of halogens is 2. The van der Waals surface area contributed by atoms with Crippen molar-refractivity contribution < 1.29 is 18.3 Å². The van der Waals surface area contributed by atoms with Crippen LogP contribution >= 0.6 is 0 Å². The molecule has 0 saturated heterocycles. The lowest BCUT2D eigenvalue weighted by Gasteiger charge is -2.12. The van der Waals surface area contributed by atoms with Crippen molar-refractivity contribution in [3.8, 4) is 0 Å². The molecule has 0 radical (unpaired) electrons. The van der Waals surface area contributed by atoms with Gasteiger partial charge in [0.2, 0.25) is 0 Å². The second kappa shape index (κ2) is 8.85. The number of rotatable bonds is 8. The minimum absolute atomic E-state index is 0.0305. The first kappa shape index (κ1) is 20.0. The summed E-state index contributed by atoms with van der Waals surface area (Å²) in [6, 6.07) is 9.60. The van der Waals surface area contributed by atoms with Crippen LogP contribution in [0.3, 0.4) is 0 Å². The molecule has 4 nitrogen and oxygen atoms in total. The van der Waals surface area contributed by atoms with Crippen LogP contribution in [0, 0.1) is 5.92 Å². The summed E-state index contributed by atoms with van der Waals surface area (Å²) >= 11 is 0. The van der Waals surface area contributed by atoms with E-state index >= 15 is 0 Å². The Bertz CT molecular complexity index is 725. The van der Waals surface area contributed by atoms with Crippen molar-refractivity contribution in [1.82, 2.24) is 10.3 Å². The maximum Gasteiger partial charge on any atom is 0.270 e. The van der Waals surface area contributed by atoms with E-state index in [4.69, 9.17) is 4.74 Å². The summed E-state index contributed by atoms with van der Waals surface area (Å²) < 4.78 is 32.3. The molecule has 0 aliphatic heterocycles. The molecular weight excluding hydrogens is 338 g/mol. The van der Waals surface area contributed by atoms with Gasteiger partial charge in [-0.15, -0.1) is 0 Å². The maximum atomic E-state index is 13.3. The van der Waals surface area contributed by atoms with Gasteiger partial charge in [-0.1, -0.05) is 38.1 Å². The number of benzene rings is 1. The van der Waals surface area contributed by atoms with Gasteiger partial charge in [-0.25, -0.2) is 8.78 Å². The summed E-state index contributed by atoms with van der Waals surface area (Å²) in [5.74, 6) is -2.70. The average molecular weight is 362 g/mol. The van der Waals surface area contributed by atoms with Crippen molar-refractivity contribution in [2.24, 2.45) is 5.92 Å². The van der Waals surface area contributed by atoms with Crippen LogP contribution in [0.15, 0.2) is 42.6 Å². The quantitative estimate of drug-likeness (QED) is 0.762. The van der Waals surface area contributed by atoms with Gasteiger partial charge in [-0.2, -0.15) is 0 Å². The zero-order valence-electron chi connectivity index (χ0n) is 15.3. The summed E-state index contributed by atoms with van der Waals surface area (Å²) in [6.07, 6.45) is 1.58. The fraction of sp³-hybridized carbons (Fsp3) is 0.400. The molecular formula is C20H24F2N2O2. The average Bonchev–Trinajstić information content (AvgIpc) is 2.60. The molecule has 2 rings (SSSR count). The SMILES string of the molecule is CC(C)CNC(=O)c1ccc(COCc2cccc(C(C)(F)F)c2)cn1. The summed E-state index contributed by atoms with van der Waals surface area (Å²) in [5.41, 5.74) is 1.81. The smallest absolute Gasteiger partial charge is 0.270 e. The van der Waals surface area contributed by atoms with Crippen LogP contribution in [-0.4, -0.2) is 17.4 Å². The van der Waals surface area contributed by atoms with E-state index in [2.05, 4.69) is 10.3 Å². The predicted molar refractivity (Wildman–Crippen MR) is 95.9 cm³/mol. The largest absolute Gasteiger partial charge is 0.372 e. The van der Waals surface area contributed by atoms with E-state index in [0.29, 0.717) is 23.7 Å². The number of nitrogens with one attached hydrogen (secondary N) is 1. The molecule has 0 bridgehead atoms. The monoisotopic (exact) mass is 362 g/mol. The number of ether oxygens (including phenoxy) is 1. The van der Waals surface area contributed by atoms with Crippen molar-refractivity contribution >= 4 is 5.91 Å². The topological polar surface area (TPSA) is 51.2 Å². The predicted octanol–water partition coefficient (Wildman–Crippen LogP) is 4.30. The molecule has 26 heavy (non-hydrogen) atoms. The zero-order valence-corrected chi connectivity index (χ0v) is 15.3. The number of hydrogen-bond acceptors (Lipinski definition) is 3. The normalized spacial score (nSPS) is 11.6. The highest BCUT2D eigenvalue weighted by atomic mass is 19.3. The third-order valence-corrected chi connectivity index (χ3v) is 3.70. The van der Waals surface area contributed by atoms with Crippen LogP contribution in [0.25, 0.3) is 0 Å². The summed E-state index contributed by atoms with van der Waals surface area (Å²) in [7, 11) is 0. The second-order valence-electron chi connectivity index (χ2n) is 6.74. The Labute approximate surface area is 152 Å². The number of amides is 1. The number of pyridine rings is 1. The van der Waals surface area contributed by atoms with E-state index in [1.54, 1.807) is 30.5 Å². The molecule has 2 aromatic rings. The van der Waals surface area contributed by atoms with Crippen molar-refractivity contribution in [2.75, 3.05) is 6.54 Å². The zero-order chi connectivity index (χ0) is 19.2. The highest BCUT2D eigenvalue weighted by Crippen LogP contribution is 2.27. The van der Waals surface area contributed by atoms with E-state index in [0.717, 1.165) is 12.5 Å². The van der Waals surface area contributed by atoms with E-state index in [9.17, 15) is 13.6 Å². The molecule has 0 atom stereocenters. The molecule has 0 fully saturated rings. The minimum Gasteiger partial charge on any atom is -0.372 e. The van der Waals surface area contributed by atoms with Gasteiger partial charge >= 0.3 is 0 Å². The molecule has 6 heteroatoms. The molecule has 0 aliphatic rings. The van der Waals surface area contributed by atoms with Crippen molar-refractivity contribution in [2.45, 2.75) is 39.9 Å². The number of carbonyl (C=O) groups is 1. The van der Waals surface area contributed by atoms with Gasteiger partial charge < -0.3 is 10.1 Å². The lowest BCUT2D eigenvalue weighted by atomic mass is 10.1. The van der Waals surface area contributed by atoms with Crippen LogP contribution in [0.2, 0.25) is 0 Å². The number of aromatic nitrogens is 1. The van der Waals surface area contributed by atoms with Crippen molar-refractivity contribution in [3.05, 3.63) is 65.0 Å². The summed E-state index contributed by atoms with van der Waals surface area (Å²) in [4.78, 5) is 16.0. The molecule has 0 aliphatic carbocycles. The first-order valence-corrected chi connectivity index (χ1v) is 8.54. The fourth-order valence-electron chi connectivity index (χ4n) is 2.25. The Morgan fingerprint density at radius 2 is 1.92 bits per heavy atom. The number of nitrogens with zero attached hydrogens (tertiary/aromatic N) is 1. The number of hydrogen-bond donors (Lipinski definition) is 1. The number of carbonyl (C=O) groups excluding carboxylic acids is 1. The summed E-state index contributed by atoms with van der Waals surface area (Å²) in [5, 5.41) is 2.81. The van der Waals surface area contributed by atoms with Crippen LogP contribution in [0.1, 0.15) is 48.0 Å². The Morgan fingerprint density at radius 1 is 1.19 bits per heavy atom. The van der Waals surface area contributed by atoms with E-state index in [1.807, 2.05) is 13.8 Å². The standard InChI is InChI=1S/C20H24F2N2O2/c1-14(2)10-24-19(25)18-8-7-16(11-23-18)13-26-12-15-5-4-6-17(9-15)20(3,21)22/h4-9,11,14H,10,12-13H2,1-3H3,(H,24,25). The van der Waals surface area contributed by atoms with Crippen LogP contribution in [0.4, 0.5) is 8.78 Å². The maximum absolute atomic E-state index is 13.3. The first-order valence-electron chi connectivity index (χ1n) is 8.54. The highest BCUT2D eigenvalue weighted by molar-refractivity contribution is 5.92. The lowest BCUT2D eigenvalue weighted by molar-refractivity contribution is 0.0171. The molecule has 0 spiro atoms. The lowest BCUT2D eigenvalue weighted by Crippen LogP contribution is -2.28. The van der Waals surface area contributed by atoms with E-state index < -0.39 is 5.92 Å². The Balaban J connectivity index is 1.86. The fourth-order valence-corrected chi connectivity index (χ4v) is 2.25. The Morgan fingerprint density at radius 3 is 2.54 bits per heavy atom. The van der Waals surface area contributed by atoms with Crippen molar-refractivity contribution in [1.29, 1.82) is 0 Å². The Hall–Kier alpha value is -2.34. The third kappa shape index (κ3) is 6.19. The molecule has 1 heterocycles. The molecule has 1 aromatic carbocycles. The van der Waals surface area contributed by atoms with Gasteiger partial charge in [-0.3, -0.25) is 9.78 Å². The number of alkyl halides is 2. The van der Waals surface area contributed by atoms with Gasteiger partial charge in [0.15, 0.2) is 0 Å². The molecule has 140 valence electrons. The van der Waals surface area contributed by atoms with Crippen molar-refractivity contribution in [3.63, 3.8) is 0 Å². The van der Waals surface area contributed by atoms with Gasteiger partial charge in [-0.05, 0) is 29.2 Å². The molecule has 1 N–H and O–H groups in total. The third-order valence-electron chi connectivity index (χ3n) is 3.70. The molecule has 0 unspecified atom stereocenters. The Kier molecular flexibility index (Phi) is 6.80. The van der Waals surface area contributed by atoms with Gasteiger partial charge in [0, 0.05) is 25.2 Å². The van der Waals surface area contributed by atoms with Gasteiger partial charge in [0.25, 0.3) is 11.8 Å². The molecule has 0 saturated carbocycles. The van der Waals surface area contributed by atoms with Gasteiger partial charge in [0.05, 0.1) is 13.2 Å². The highest BCUT2D eigenvalue weighted by Gasteiger charge is 2.24. The molecule has 1 aromatic heterocycles. The van der Waals surface area contributed by atoms with Crippen LogP contribution in [0.5, 0.6) is 0 Å². The minimum atomic E-state index is -2.87. The van der Waals surface area contributed by atoms with Crippen LogP contribution < -0.4 is 5.32 Å². The molecule has 1 amide bonds. The second-order valence-corrected chi connectivity index (χ2v) is 6.74. The summed E-state index contributed by atoms with van der Waals surface area (Å²) in [6.45, 7) is 6.02. The first-order chi connectivity index (χ1) is 12.3.